The third-order valence-corrected chi connectivity index (χ3v) is 4.50. The van der Waals surface area contributed by atoms with Crippen molar-refractivity contribution in [3.63, 3.8) is 0 Å². The fourth-order valence-corrected chi connectivity index (χ4v) is 2.94. The van der Waals surface area contributed by atoms with Crippen LogP contribution in [0.1, 0.15) is 23.7 Å². The first-order valence-corrected chi connectivity index (χ1v) is 10.8. The van der Waals surface area contributed by atoms with Crippen molar-refractivity contribution < 1.29 is 19.0 Å². The smallest absolute Gasteiger partial charge is 0.257 e. The predicted molar refractivity (Wildman–Crippen MR) is 130 cm³/mol. The number of hydrogen-bond donors (Lipinski definition) is 2. The summed E-state index contributed by atoms with van der Waals surface area (Å²) in [6, 6.07) is 23.8. The molecule has 2 N–H and O–H groups in total. The first-order valence-electron chi connectivity index (χ1n) is 10.4. The standard InChI is InChI=1S/C25H26N2O4S/c1-2-16-29-22-12-8-19(9-13-22)24(28)27-25(32)26-20-10-14-23(15-11-20)31-18-17-30-21-6-4-3-5-7-21/h3-15H,2,16-18H2,1H3,(H2,26,27,28,32). The van der Waals surface area contributed by atoms with Crippen LogP contribution in [-0.4, -0.2) is 30.8 Å². The average Bonchev–Trinajstić information content (AvgIpc) is 2.82. The molecule has 0 atom stereocenters. The van der Waals surface area contributed by atoms with Crippen molar-refractivity contribution in [2.24, 2.45) is 0 Å². The van der Waals surface area contributed by atoms with Gasteiger partial charge in [0, 0.05) is 11.3 Å². The molecule has 0 radical (unpaired) electrons. The number of nitrogens with one attached hydrogen (secondary N) is 2. The van der Waals surface area contributed by atoms with Crippen molar-refractivity contribution >= 4 is 28.9 Å². The van der Waals surface area contributed by atoms with E-state index in [4.69, 9.17) is 26.4 Å². The number of rotatable bonds is 10. The van der Waals surface area contributed by atoms with Gasteiger partial charge in [-0.2, -0.15) is 0 Å². The van der Waals surface area contributed by atoms with Gasteiger partial charge in [0.25, 0.3) is 5.91 Å². The largest absolute Gasteiger partial charge is 0.494 e. The Morgan fingerprint density at radius 3 is 1.88 bits per heavy atom. The van der Waals surface area contributed by atoms with E-state index in [9.17, 15) is 4.79 Å². The third-order valence-electron chi connectivity index (χ3n) is 4.29. The first-order chi connectivity index (χ1) is 15.6. The summed E-state index contributed by atoms with van der Waals surface area (Å²) in [7, 11) is 0. The van der Waals surface area contributed by atoms with Crippen molar-refractivity contribution in [2.45, 2.75) is 13.3 Å². The zero-order chi connectivity index (χ0) is 22.6. The summed E-state index contributed by atoms with van der Waals surface area (Å²) in [6.45, 7) is 3.56. The number of thiocarbonyl (C=S) groups is 1. The van der Waals surface area contributed by atoms with Gasteiger partial charge in [-0.05, 0) is 79.3 Å². The van der Waals surface area contributed by atoms with Gasteiger partial charge in [-0.25, -0.2) is 0 Å². The van der Waals surface area contributed by atoms with Gasteiger partial charge in [0.05, 0.1) is 6.61 Å². The molecule has 0 spiro atoms. The number of anilines is 1. The van der Waals surface area contributed by atoms with Gasteiger partial charge >= 0.3 is 0 Å². The van der Waals surface area contributed by atoms with E-state index >= 15 is 0 Å². The molecule has 0 aliphatic carbocycles. The van der Waals surface area contributed by atoms with Crippen LogP contribution in [0, 0.1) is 0 Å². The second kappa shape index (κ2) is 12.3. The van der Waals surface area contributed by atoms with Crippen LogP contribution in [0.3, 0.4) is 0 Å². The van der Waals surface area contributed by atoms with Gasteiger partial charge in [-0.3, -0.25) is 10.1 Å². The van der Waals surface area contributed by atoms with E-state index in [0.717, 1.165) is 23.6 Å². The van der Waals surface area contributed by atoms with Crippen LogP contribution in [0.2, 0.25) is 0 Å². The van der Waals surface area contributed by atoms with E-state index in [1.807, 2.05) is 61.5 Å². The van der Waals surface area contributed by atoms with Crippen LogP contribution in [-0.2, 0) is 0 Å². The number of carbonyl (C=O) groups is 1. The quantitative estimate of drug-likeness (QED) is 0.332. The predicted octanol–water partition coefficient (Wildman–Crippen LogP) is 5.06. The molecule has 3 aromatic rings. The molecule has 7 heteroatoms. The molecule has 0 unspecified atom stereocenters. The normalized spacial score (nSPS) is 10.2. The topological polar surface area (TPSA) is 68.8 Å². The molecular formula is C25H26N2O4S. The Morgan fingerprint density at radius 2 is 1.28 bits per heavy atom. The Kier molecular flexibility index (Phi) is 8.89. The molecule has 1 amide bonds. The minimum Gasteiger partial charge on any atom is -0.494 e. The van der Waals surface area contributed by atoms with Gasteiger partial charge < -0.3 is 19.5 Å². The summed E-state index contributed by atoms with van der Waals surface area (Å²) >= 11 is 5.24. The Balaban J connectivity index is 1.40. The zero-order valence-corrected chi connectivity index (χ0v) is 18.7. The summed E-state index contributed by atoms with van der Waals surface area (Å²) in [6.07, 6.45) is 0.929. The van der Waals surface area contributed by atoms with E-state index in [-0.39, 0.29) is 11.0 Å². The molecule has 0 saturated carbocycles. The molecule has 6 nitrogen and oxygen atoms in total. The highest BCUT2D eigenvalue weighted by Crippen LogP contribution is 2.16. The number of benzene rings is 3. The molecule has 3 rings (SSSR count). The summed E-state index contributed by atoms with van der Waals surface area (Å²) in [5.74, 6) is 1.97. The van der Waals surface area contributed by atoms with E-state index in [1.54, 1.807) is 24.3 Å². The zero-order valence-electron chi connectivity index (χ0n) is 17.9. The summed E-state index contributed by atoms with van der Waals surface area (Å²) in [5.41, 5.74) is 1.24. The second-order valence-corrected chi connectivity index (χ2v) is 7.22. The molecule has 3 aromatic carbocycles. The lowest BCUT2D eigenvalue weighted by Gasteiger charge is -2.11. The van der Waals surface area contributed by atoms with Gasteiger partial charge in [-0.15, -0.1) is 0 Å². The second-order valence-electron chi connectivity index (χ2n) is 6.82. The van der Waals surface area contributed by atoms with Crippen molar-refractivity contribution in [3.8, 4) is 17.2 Å². The Bertz CT molecular complexity index is 993. The van der Waals surface area contributed by atoms with Crippen LogP contribution in [0.25, 0.3) is 0 Å². The minimum atomic E-state index is -0.289. The highest BCUT2D eigenvalue weighted by Gasteiger charge is 2.08. The molecule has 0 aliphatic heterocycles. The molecule has 0 saturated heterocycles. The van der Waals surface area contributed by atoms with Gasteiger partial charge in [0.2, 0.25) is 0 Å². The molecule has 0 aromatic heterocycles. The average molecular weight is 451 g/mol. The van der Waals surface area contributed by atoms with E-state index in [2.05, 4.69) is 10.6 Å². The Morgan fingerprint density at radius 1 is 0.750 bits per heavy atom. The van der Waals surface area contributed by atoms with E-state index in [1.165, 1.54) is 0 Å². The molecular weight excluding hydrogens is 424 g/mol. The van der Waals surface area contributed by atoms with Crippen LogP contribution in [0.15, 0.2) is 78.9 Å². The van der Waals surface area contributed by atoms with Gasteiger partial charge in [0.15, 0.2) is 5.11 Å². The van der Waals surface area contributed by atoms with Gasteiger partial charge in [0.1, 0.15) is 30.5 Å². The molecule has 0 bridgehead atoms. The number of hydrogen-bond acceptors (Lipinski definition) is 5. The fourth-order valence-electron chi connectivity index (χ4n) is 2.73. The highest BCUT2D eigenvalue weighted by atomic mass is 32.1. The lowest BCUT2D eigenvalue weighted by molar-refractivity contribution is 0.0977. The number of amides is 1. The first kappa shape index (κ1) is 23.1. The lowest BCUT2D eigenvalue weighted by atomic mass is 10.2. The van der Waals surface area contributed by atoms with Crippen LogP contribution in [0.5, 0.6) is 17.2 Å². The van der Waals surface area contributed by atoms with Crippen LogP contribution >= 0.6 is 12.2 Å². The molecule has 32 heavy (non-hydrogen) atoms. The van der Waals surface area contributed by atoms with E-state index < -0.39 is 0 Å². The highest BCUT2D eigenvalue weighted by molar-refractivity contribution is 7.80. The summed E-state index contributed by atoms with van der Waals surface area (Å²) < 4.78 is 16.8. The maximum Gasteiger partial charge on any atom is 0.257 e. The molecule has 0 aliphatic rings. The number of carbonyl (C=O) groups excluding carboxylic acids is 1. The van der Waals surface area contributed by atoms with Crippen molar-refractivity contribution in [3.05, 3.63) is 84.4 Å². The Hall–Kier alpha value is -3.58. The number of para-hydroxylation sites is 1. The van der Waals surface area contributed by atoms with E-state index in [0.29, 0.717) is 31.1 Å². The maximum atomic E-state index is 12.4. The van der Waals surface area contributed by atoms with Crippen molar-refractivity contribution in [2.75, 3.05) is 25.1 Å². The SMILES string of the molecule is CCCOc1ccc(C(=O)NC(=S)Nc2ccc(OCCOc3ccccc3)cc2)cc1. The fraction of sp³-hybridized carbons (Fsp3) is 0.200. The molecule has 0 fully saturated rings. The van der Waals surface area contributed by atoms with Crippen LogP contribution in [0.4, 0.5) is 5.69 Å². The van der Waals surface area contributed by atoms with Gasteiger partial charge in [-0.1, -0.05) is 25.1 Å². The van der Waals surface area contributed by atoms with Crippen molar-refractivity contribution in [1.29, 1.82) is 0 Å². The van der Waals surface area contributed by atoms with Crippen LogP contribution < -0.4 is 24.8 Å². The summed E-state index contributed by atoms with van der Waals surface area (Å²) in [5, 5.41) is 5.88. The Labute approximate surface area is 193 Å². The molecule has 0 heterocycles. The summed E-state index contributed by atoms with van der Waals surface area (Å²) in [4.78, 5) is 12.4. The maximum absolute atomic E-state index is 12.4. The minimum absolute atomic E-state index is 0.214. The molecule has 166 valence electrons. The lowest BCUT2D eigenvalue weighted by Crippen LogP contribution is -2.34. The monoisotopic (exact) mass is 450 g/mol. The number of ether oxygens (including phenoxy) is 3. The third kappa shape index (κ3) is 7.59. The van der Waals surface area contributed by atoms with Crippen molar-refractivity contribution in [1.82, 2.24) is 5.32 Å².